The summed E-state index contributed by atoms with van der Waals surface area (Å²) in [5.74, 6) is 1.34. The Labute approximate surface area is 208 Å². The van der Waals surface area contributed by atoms with Crippen LogP contribution in [0.1, 0.15) is 0 Å². The average Bonchev–Trinajstić information content (AvgIpc) is 2.95. The van der Waals surface area contributed by atoms with E-state index in [4.69, 9.17) is 4.74 Å². The van der Waals surface area contributed by atoms with Gasteiger partial charge in [-0.05, 0) is 18.2 Å². The molecule has 0 radical (unpaired) electrons. The van der Waals surface area contributed by atoms with Crippen LogP contribution >= 0.6 is 0 Å². The van der Waals surface area contributed by atoms with Crippen LogP contribution in [0.2, 0.25) is 0 Å². The Bertz CT molecular complexity index is 1410. The van der Waals surface area contributed by atoms with Gasteiger partial charge in [-0.3, -0.25) is 9.59 Å². The highest BCUT2D eigenvalue weighted by Crippen LogP contribution is 2.27. The number of ether oxygens (including phenoxy) is 1. The predicted molar refractivity (Wildman–Crippen MR) is 137 cm³/mol. The van der Waals surface area contributed by atoms with Crippen molar-refractivity contribution in [1.82, 2.24) is 24.6 Å². The number of carbonyl (C=O) groups excluding carboxylic acids is 1. The van der Waals surface area contributed by atoms with E-state index in [0.717, 1.165) is 22.6 Å². The number of nitrogens with zero attached hydrogens (tertiary/aromatic N) is 6. The number of benzene rings is 2. The van der Waals surface area contributed by atoms with Gasteiger partial charge in [0.15, 0.2) is 0 Å². The zero-order chi connectivity index (χ0) is 24.9. The minimum Gasteiger partial charge on any atom is -0.496 e. The summed E-state index contributed by atoms with van der Waals surface area (Å²) in [5.41, 5.74) is 2.90. The second-order valence-electron chi connectivity index (χ2n) is 8.41. The van der Waals surface area contributed by atoms with Crippen LogP contribution in [0.15, 0.2) is 83.9 Å². The van der Waals surface area contributed by atoms with Crippen molar-refractivity contribution in [2.45, 2.75) is 6.54 Å². The van der Waals surface area contributed by atoms with Crippen molar-refractivity contribution < 1.29 is 9.53 Å². The lowest BCUT2D eigenvalue weighted by Gasteiger charge is -2.35. The van der Waals surface area contributed by atoms with Crippen LogP contribution in [0.4, 0.5) is 5.82 Å². The van der Waals surface area contributed by atoms with Crippen LogP contribution in [-0.2, 0) is 11.3 Å². The molecule has 0 atom stereocenters. The molecule has 0 aliphatic carbocycles. The summed E-state index contributed by atoms with van der Waals surface area (Å²) in [6.45, 7) is 2.23. The molecule has 0 saturated carbocycles. The van der Waals surface area contributed by atoms with Gasteiger partial charge in [-0.1, -0.05) is 42.5 Å². The molecule has 9 nitrogen and oxygen atoms in total. The van der Waals surface area contributed by atoms with Crippen LogP contribution in [0.3, 0.4) is 0 Å². The minimum atomic E-state index is -0.324. The maximum Gasteiger partial charge on any atom is 0.267 e. The van der Waals surface area contributed by atoms with E-state index in [1.165, 1.54) is 10.7 Å². The Morgan fingerprint density at radius 1 is 0.889 bits per heavy atom. The number of para-hydroxylation sites is 1. The molecule has 1 aliphatic rings. The van der Waals surface area contributed by atoms with Crippen molar-refractivity contribution in [3.05, 3.63) is 89.5 Å². The summed E-state index contributed by atoms with van der Waals surface area (Å²) in [6.07, 6.45) is 1.57. The summed E-state index contributed by atoms with van der Waals surface area (Å²) >= 11 is 0. The van der Waals surface area contributed by atoms with Crippen LogP contribution in [0.5, 0.6) is 5.75 Å². The van der Waals surface area contributed by atoms with Crippen molar-refractivity contribution in [2.75, 3.05) is 38.2 Å². The summed E-state index contributed by atoms with van der Waals surface area (Å²) < 4.78 is 6.62. The Hall–Kier alpha value is -4.53. The highest BCUT2D eigenvalue weighted by Gasteiger charge is 2.23. The molecular formula is C27H26N6O3. The third kappa shape index (κ3) is 4.95. The molecule has 0 bridgehead atoms. The molecule has 0 unspecified atom stereocenters. The minimum absolute atomic E-state index is 0.118. The van der Waals surface area contributed by atoms with Crippen molar-refractivity contribution in [2.24, 2.45) is 0 Å². The first-order valence-electron chi connectivity index (χ1n) is 11.7. The summed E-state index contributed by atoms with van der Waals surface area (Å²) in [5, 5.41) is 4.44. The van der Waals surface area contributed by atoms with Gasteiger partial charge in [0, 0.05) is 49.4 Å². The van der Waals surface area contributed by atoms with E-state index in [-0.39, 0.29) is 18.0 Å². The summed E-state index contributed by atoms with van der Waals surface area (Å²) in [4.78, 5) is 38.2. The maximum atomic E-state index is 13.0. The van der Waals surface area contributed by atoms with Crippen molar-refractivity contribution in [3.8, 4) is 28.3 Å². The first-order chi connectivity index (χ1) is 17.6. The molecule has 1 amide bonds. The third-order valence-corrected chi connectivity index (χ3v) is 6.21. The molecule has 4 aromatic rings. The molecule has 3 heterocycles. The maximum absolute atomic E-state index is 13.0. The second kappa shape index (κ2) is 10.4. The van der Waals surface area contributed by atoms with E-state index in [1.54, 1.807) is 24.4 Å². The Morgan fingerprint density at radius 2 is 1.64 bits per heavy atom. The van der Waals surface area contributed by atoms with Gasteiger partial charge in [0.2, 0.25) is 5.91 Å². The van der Waals surface area contributed by atoms with Gasteiger partial charge in [-0.2, -0.15) is 5.10 Å². The molecule has 0 spiro atoms. The number of rotatable bonds is 6. The van der Waals surface area contributed by atoms with Crippen molar-refractivity contribution in [3.63, 3.8) is 0 Å². The number of piperazine rings is 1. The molecule has 1 fully saturated rings. The number of amides is 1. The third-order valence-electron chi connectivity index (χ3n) is 6.21. The number of hydrogen-bond acceptors (Lipinski definition) is 7. The van der Waals surface area contributed by atoms with Crippen LogP contribution in [-0.4, -0.2) is 63.8 Å². The monoisotopic (exact) mass is 482 g/mol. The normalized spacial score (nSPS) is 13.5. The van der Waals surface area contributed by atoms with Gasteiger partial charge in [-0.25, -0.2) is 14.6 Å². The van der Waals surface area contributed by atoms with E-state index >= 15 is 0 Å². The number of anilines is 1. The van der Waals surface area contributed by atoms with Crippen LogP contribution in [0, 0.1) is 0 Å². The van der Waals surface area contributed by atoms with Gasteiger partial charge in [0.05, 0.1) is 18.5 Å². The molecule has 0 N–H and O–H groups in total. The first kappa shape index (κ1) is 23.2. The molecule has 5 rings (SSSR count). The smallest absolute Gasteiger partial charge is 0.267 e. The lowest BCUT2D eigenvalue weighted by atomic mass is 10.1. The van der Waals surface area contributed by atoms with Crippen molar-refractivity contribution >= 4 is 11.7 Å². The first-order valence-corrected chi connectivity index (χ1v) is 11.7. The fraction of sp³-hybridized carbons (Fsp3) is 0.222. The van der Waals surface area contributed by atoms with Gasteiger partial charge >= 0.3 is 0 Å². The summed E-state index contributed by atoms with van der Waals surface area (Å²) in [7, 11) is 1.59. The topological polar surface area (TPSA) is 93.5 Å². The zero-order valence-corrected chi connectivity index (χ0v) is 19.9. The van der Waals surface area contributed by atoms with E-state index in [2.05, 4.69) is 20.0 Å². The standard InChI is InChI=1S/C27H26N6O3/c1-36-24-10-6-5-9-21(24)22-11-12-26(34)33(30-22)18-27(35)32-15-13-31(14-16-32)25-17-23(28-19-29-25)20-7-3-2-4-8-20/h2-12,17,19H,13-16,18H2,1H3. The zero-order valence-electron chi connectivity index (χ0n) is 19.9. The van der Waals surface area contributed by atoms with Crippen LogP contribution < -0.4 is 15.2 Å². The molecule has 2 aromatic carbocycles. The molecule has 36 heavy (non-hydrogen) atoms. The number of hydrogen-bond donors (Lipinski definition) is 0. The average molecular weight is 483 g/mol. The van der Waals surface area contributed by atoms with E-state index < -0.39 is 0 Å². The molecule has 9 heteroatoms. The van der Waals surface area contributed by atoms with E-state index in [9.17, 15) is 9.59 Å². The molecule has 1 aliphatic heterocycles. The van der Waals surface area contributed by atoms with E-state index in [0.29, 0.717) is 37.6 Å². The Balaban J connectivity index is 1.25. The van der Waals surface area contributed by atoms with Gasteiger partial charge in [0.1, 0.15) is 24.4 Å². The fourth-order valence-electron chi connectivity index (χ4n) is 4.26. The van der Waals surface area contributed by atoms with Crippen LogP contribution in [0.25, 0.3) is 22.5 Å². The van der Waals surface area contributed by atoms with E-state index in [1.807, 2.05) is 60.7 Å². The van der Waals surface area contributed by atoms with Crippen molar-refractivity contribution in [1.29, 1.82) is 0 Å². The molecular weight excluding hydrogens is 456 g/mol. The summed E-state index contributed by atoms with van der Waals surface area (Å²) in [6, 6.07) is 22.5. The highest BCUT2D eigenvalue weighted by atomic mass is 16.5. The molecule has 2 aromatic heterocycles. The van der Waals surface area contributed by atoms with Gasteiger partial charge in [-0.15, -0.1) is 0 Å². The largest absolute Gasteiger partial charge is 0.496 e. The van der Waals surface area contributed by atoms with Gasteiger partial charge < -0.3 is 14.5 Å². The highest BCUT2D eigenvalue weighted by molar-refractivity contribution is 5.76. The second-order valence-corrected chi connectivity index (χ2v) is 8.41. The Kier molecular flexibility index (Phi) is 6.70. The molecule has 182 valence electrons. The number of aromatic nitrogens is 4. The lowest BCUT2D eigenvalue weighted by Crippen LogP contribution is -2.50. The SMILES string of the molecule is COc1ccccc1-c1ccc(=O)n(CC(=O)N2CCN(c3cc(-c4ccccc4)ncn3)CC2)n1. The van der Waals surface area contributed by atoms with Gasteiger partial charge in [0.25, 0.3) is 5.56 Å². The fourth-order valence-corrected chi connectivity index (χ4v) is 4.26. The number of methoxy groups -OCH3 is 1. The Morgan fingerprint density at radius 3 is 2.42 bits per heavy atom. The number of carbonyl (C=O) groups is 1. The quantitative estimate of drug-likeness (QED) is 0.417. The lowest BCUT2D eigenvalue weighted by molar-refractivity contribution is -0.132. The molecule has 1 saturated heterocycles. The predicted octanol–water partition coefficient (Wildman–Crippen LogP) is 2.72.